The van der Waals surface area contributed by atoms with E-state index < -0.39 is 27.4 Å². The van der Waals surface area contributed by atoms with Gasteiger partial charge in [0.25, 0.3) is 10.0 Å². The van der Waals surface area contributed by atoms with E-state index in [2.05, 4.69) is 4.72 Å². The number of rotatable bonds is 4. The van der Waals surface area contributed by atoms with E-state index in [1.54, 1.807) is 24.3 Å². The van der Waals surface area contributed by atoms with Crippen LogP contribution in [0.1, 0.15) is 10.4 Å². The zero-order valence-corrected chi connectivity index (χ0v) is 13.0. The Balaban J connectivity index is 2.05. The maximum atomic E-state index is 13.4. The first-order valence-corrected chi connectivity index (χ1v) is 8.40. The summed E-state index contributed by atoms with van der Waals surface area (Å²) in [5.74, 6) is -2.53. The lowest BCUT2D eigenvalue weighted by Crippen LogP contribution is -2.14. The molecule has 2 N–H and O–H groups in total. The van der Waals surface area contributed by atoms with Crippen LogP contribution >= 0.6 is 0 Å². The molecule has 5 nitrogen and oxygen atoms in total. The SMILES string of the molecule is O=C(O)c1cc(S(=O)(=O)Nc2cccc3ccccc23)ccc1F. The van der Waals surface area contributed by atoms with E-state index in [1.807, 2.05) is 18.2 Å². The van der Waals surface area contributed by atoms with Crippen LogP contribution in [0.4, 0.5) is 10.1 Å². The first-order valence-electron chi connectivity index (χ1n) is 6.92. The molecule has 0 spiro atoms. The zero-order chi connectivity index (χ0) is 17.3. The van der Waals surface area contributed by atoms with Gasteiger partial charge in [-0.3, -0.25) is 4.72 Å². The van der Waals surface area contributed by atoms with E-state index in [1.165, 1.54) is 0 Å². The van der Waals surface area contributed by atoms with Crippen molar-refractivity contribution in [3.63, 3.8) is 0 Å². The van der Waals surface area contributed by atoms with E-state index in [9.17, 15) is 17.6 Å². The first kappa shape index (κ1) is 15.9. The lowest BCUT2D eigenvalue weighted by Gasteiger charge is -2.11. The summed E-state index contributed by atoms with van der Waals surface area (Å²) < 4.78 is 40.9. The number of aromatic carboxylic acids is 1. The minimum atomic E-state index is -4.06. The van der Waals surface area contributed by atoms with Gasteiger partial charge in [0.05, 0.1) is 16.1 Å². The Bertz CT molecular complexity index is 1040. The molecule has 0 aliphatic rings. The Hall–Kier alpha value is -2.93. The van der Waals surface area contributed by atoms with Crippen LogP contribution in [0.5, 0.6) is 0 Å². The second-order valence-corrected chi connectivity index (χ2v) is 6.76. The molecule has 0 saturated heterocycles. The smallest absolute Gasteiger partial charge is 0.338 e. The third-order valence-electron chi connectivity index (χ3n) is 3.51. The molecule has 0 aliphatic heterocycles. The maximum absolute atomic E-state index is 13.4. The Morgan fingerprint density at radius 3 is 2.46 bits per heavy atom. The van der Waals surface area contributed by atoms with Gasteiger partial charge in [-0.15, -0.1) is 0 Å². The minimum absolute atomic E-state index is 0.325. The number of carboxylic acids is 1. The fourth-order valence-electron chi connectivity index (χ4n) is 2.35. The molecule has 3 aromatic carbocycles. The highest BCUT2D eigenvalue weighted by Crippen LogP contribution is 2.26. The van der Waals surface area contributed by atoms with E-state index >= 15 is 0 Å². The van der Waals surface area contributed by atoms with Crippen molar-refractivity contribution in [2.45, 2.75) is 4.90 Å². The van der Waals surface area contributed by atoms with E-state index in [0.717, 1.165) is 23.6 Å². The molecule has 0 atom stereocenters. The highest BCUT2D eigenvalue weighted by molar-refractivity contribution is 7.92. The van der Waals surface area contributed by atoms with Crippen LogP contribution in [-0.2, 0) is 10.0 Å². The van der Waals surface area contributed by atoms with E-state index in [-0.39, 0.29) is 4.90 Å². The fraction of sp³-hybridized carbons (Fsp3) is 0. The van der Waals surface area contributed by atoms with Crippen LogP contribution < -0.4 is 4.72 Å². The number of hydrogen-bond donors (Lipinski definition) is 2. The Morgan fingerprint density at radius 1 is 1.00 bits per heavy atom. The lowest BCUT2D eigenvalue weighted by atomic mass is 10.1. The first-order chi connectivity index (χ1) is 11.4. The van der Waals surface area contributed by atoms with Gasteiger partial charge < -0.3 is 5.11 Å². The van der Waals surface area contributed by atoms with Crippen LogP contribution in [0, 0.1) is 5.82 Å². The second-order valence-electron chi connectivity index (χ2n) is 5.08. The molecule has 0 unspecified atom stereocenters. The summed E-state index contributed by atoms with van der Waals surface area (Å²) in [4.78, 5) is 10.7. The summed E-state index contributed by atoms with van der Waals surface area (Å²) in [6.45, 7) is 0. The Labute approximate surface area is 137 Å². The molecule has 0 amide bonds. The number of nitrogens with one attached hydrogen (secondary N) is 1. The number of sulfonamides is 1. The molecule has 3 aromatic rings. The molecule has 0 bridgehead atoms. The van der Waals surface area contributed by atoms with Crippen LogP contribution in [0.25, 0.3) is 10.8 Å². The summed E-state index contributed by atoms with van der Waals surface area (Å²) >= 11 is 0. The third-order valence-corrected chi connectivity index (χ3v) is 4.88. The molecule has 0 saturated carbocycles. The average Bonchev–Trinajstić information content (AvgIpc) is 2.55. The standard InChI is InChI=1S/C17H12FNO4S/c18-15-9-8-12(10-14(15)17(20)21)24(22,23)19-16-7-3-5-11-4-1-2-6-13(11)16/h1-10,19H,(H,20,21). The zero-order valence-electron chi connectivity index (χ0n) is 12.2. The molecule has 122 valence electrons. The number of hydrogen-bond acceptors (Lipinski definition) is 3. The molecule has 0 aliphatic carbocycles. The molecular formula is C17H12FNO4S. The normalized spacial score (nSPS) is 11.4. The largest absolute Gasteiger partial charge is 0.478 e. The number of fused-ring (bicyclic) bond motifs is 1. The molecule has 24 heavy (non-hydrogen) atoms. The summed E-state index contributed by atoms with van der Waals surface area (Å²) in [6, 6.07) is 15.0. The summed E-state index contributed by atoms with van der Waals surface area (Å²) in [7, 11) is -4.06. The second kappa shape index (κ2) is 5.93. The molecular weight excluding hydrogens is 333 g/mol. The summed E-state index contributed by atoms with van der Waals surface area (Å²) in [5.41, 5.74) is -0.343. The topological polar surface area (TPSA) is 83.5 Å². The highest BCUT2D eigenvalue weighted by Gasteiger charge is 2.20. The number of carboxylic acid groups (broad SMARTS) is 1. The molecule has 3 rings (SSSR count). The van der Waals surface area contributed by atoms with E-state index in [0.29, 0.717) is 11.1 Å². The van der Waals surface area contributed by atoms with Crippen molar-refractivity contribution in [1.29, 1.82) is 0 Å². The van der Waals surface area contributed by atoms with Gasteiger partial charge in [0.2, 0.25) is 0 Å². The van der Waals surface area contributed by atoms with Crippen LogP contribution in [-0.4, -0.2) is 19.5 Å². The third kappa shape index (κ3) is 2.93. The van der Waals surface area contributed by atoms with Gasteiger partial charge in [0.15, 0.2) is 0 Å². The van der Waals surface area contributed by atoms with Gasteiger partial charge in [-0.05, 0) is 29.7 Å². The molecule has 0 aromatic heterocycles. The number of anilines is 1. The van der Waals surface area contributed by atoms with Crippen molar-refractivity contribution in [2.24, 2.45) is 0 Å². The minimum Gasteiger partial charge on any atom is -0.478 e. The summed E-state index contributed by atoms with van der Waals surface area (Å²) in [6.07, 6.45) is 0. The van der Waals surface area contributed by atoms with Gasteiger partial charge >= 0.3 is 5.97 Å². The van der Waals surface area contributed by atoms with Gasteiger partial charge in [-0.25, -0.2) is 17.6 Å². The molecule has 7 heteroatoms. The van der Waals surface area contributed by atoms with Crippen LogP contribution in [0.3, 0.4) is 0 Å². The van der Waals surface area contributed by atoms with Gasteiger partial charge in [-0.2, -0.15) is 0 Å². The number of benzene rings is 3. The quantitative estimate of drug-likeness (QED) is 0.758. The van der Waals surface area contributed by atoms with Crippen molar-refractivity contribution in [2.75, 3.05) is 4.72 Å². The lowest BCUT2D eigenvalue weighted by molar-refractivity contribution is 0.0691. The average molecular weight is 345 g/mol. The van der Waals surface area contributed by atoms with Gasteiger partial charge in [0, 0.05) is 5.39 Å². The Kier molecular flexibility index (Phi) is 3.94. The fourth-order valence-corrected chi connectivity index (χ4v) is 3.46. The van der Waals surface area contributed by atoms with Crippen LogP contribution in [0.15, 0.2) is 65.6 Å². The van der Waals surface area contributed by atoms with Crippen LogP contribution in [0.2, 0.25) is 0 Å². The van der Waals surface area contributed by atoms with Crippen molar-refractivity contribution >= 4 is 32.5 Å². The summed E-state index contributed by atoms with van der Waals surface area (Å²) in [5, 5.41) is 10.5. The molecule has 0 radical (unpaired) electrons. The van der Waals surface area contributed by atoms with Crippen molar-refractivity contribution in [1.82, 2.24) is 0 Å². The van der Waals surface area contributed by atoms with Crippen molar-refractivity contribution < 1.29 is 22.7 Å². The number of carbonyl (C=O) groups is 1. The number of halogens is 1. The maximum Gasteiger partial charge on any atom is 0.338 e. The van der Waals surface area contributed by atoms with Crippen molar-refractivity contribution in [3.05, 3.63) is 72.0 Å². The highest BCUT2D eigenvalue weighted by atomic mass is 32.2. The van der Waals surface area contributed by atoms with Gasteiger partial charge in [0.1, 0.15) is 5.82 Å². The van der Waals surface area contributed by atoms with E-state index in [4.69, 9.17) is 5.11 Å². The van der Waals surface area contributed by atoms with Gasteiger partial charge in [-0.1, -0.05) is 36.4 Å². The monoisotopic (exact) mass is 345 g/mol. The Morgan fingerprint density at radius 2 is 1.71 bits per heavy atom. The molecule has 0 heterocycles. The predicted octanol–water partition coefficient (Wildman–Crippen LogP) is 3.48. The molecule has 0 fully saturated rings. The van der Waals surface area contributed by atoms with Crippen molar-refractivity contribution in [3.8, 4) is 0 Å². The predicted molar refractivity (Wildman–Crippen MR) is 88.1 cm³/mol.